The molecule has 0 aliphatic carbocycles. The van der Waals surface area contributed by atoms with Crippen LogP contribution >= 0.6 is 0 Å². The van der Waals surface area contributed by atoms with Crippen LogP contribution in [0.4, 0.5) is 0 Å². The fourth-order valence-electron chi connectivity index (χ4n) is 2.12. The Bertz CT molecular complexity index is 572. The van der Waals surface area contributed by atoms with E-state index in [1.54, 1.807) is 4.90 Å². The molecule has 0 aliphatic heterocycles. The molecule has 100 valence electrons. The van der Waals surface area contributed by atoms with Crippen molar-refractivity contribution in [2.45, 2.75) is 19.4 Å². The Balaban J connectivity index is 2.26. The topological polar surface area (TPSA) is 46.3 Å². The second-order valence-corrected chi connectivity index (χ2v) is 5.02. The van der Waals surface area contributed by atoms with Crippen LogP contribution in [-0.2, 0) is 0 Å². The minimum Gasteiger partial charge on any atom is -0.342 e. The van der Waals surface area contributed by atoms with E-state index in [4.69, 9.17) is 5.73 Å². The average molecular weight is 256 g/mol. The number of nitrogens with zero attached hydrogens (tertiary/aromatic N) is 1. The van der Waals surface area contributed by atoms with Crippen molar-refractivity contribution in [2.75, 3.05) is 13.6 Å². The van der Waals surface area contributed by atoms with Gasteiger partial charge >= 0.3 is 0 Å². The number of hydrogen-bond acceptors (Lipinski definition) is 2. The molecule has 1 atom stereocenters. The first kappa shape index (κ1) is 13.6. The maximum absolute atomic E-state index is 12.5. The molecule has 0 saturated heterocycles. The van der Waals surface area contributed by atoms with E-state index >= 15 is 0 Å². The van der Waals surface area contributed by atoms with E-state index in [0.717, 1.165) is 22.8 Å². The van der Waals surface area contributed by atoms with Crippen LogP contribution in [0.2, 0.25) is 0 Å². The third-order valence-corrected chi connectivity index (χ3v) is 3.29. The smallest absolute Gasteiger partial charge is 0.254 e. The zero-order valence-electron chi connectivity index (χ0n) is 11.5. The zero-order chi connectivity index (χ0) is 13.8. The van der Waals surface area contributed by atoms with Crippen LogP contribution in [0.15, 0.2) is 42.5 Å². The molecular weight excluding hydrogens is 236 g/mol. The molecule has 3 nitrogen and oxygen atoms in total. The Morgan fingerprint density at radius 1 is 1.21 bits per heavy atom. The first-order valence-corrected chi connectivity index (χ1v) is 6.58. The van der Waals surface area contributed by atoms with E-state index in [2.05, 4.69) is 0 Å². The Morgan fingerprint density at radius 2 is 1.89 bits per heavy atom. The number of benzene rings is 2. The molecular formula is C16H20N2O. The summed E-state index contributed by atoms with van der Waals surface area (Å²) >= 11 is 0. The minimum atomic E-state index is 0.0532. The molecule has 0 heterocycles. The largest absolute Gasteiger partial charge is 0.342 e. The normalized spacial score (nSPS) is 12.4. The van der Waals surface area contributed by atoms with E-state index < -0.39 is 0 Å². The van der Waals surface area contributed by atoms with Crippen molar-refractivity contribution in [1.29, 1.82) is 0 Å². The Kier molecular flexibility index (Phi) is 4.17. The lowest BCUT2D eigenvalue weighted by Crippen LogP contribution is -2.31. The molecule has 1 unspecified atom stereocenters. The van der Waals surface area contributed by atoms with Gasteiger partial charge in [-0.1, -0.05) is 36.4 Å². The number of carbonyl (C=O) groups is 1. The van der Waals surface area contributed by atoms with Gasteiger partial charge in [-0.2, -0.15) is 0 Å². The number of hydrogen-bond donors (Lipinski definition) is 1. The van der Waals surface area contributed by atoms with Gasteiger partial charge in [0.15, 0.2) is 0 Å². The summed E-state index contributed by atoms with van der Waals surface area (Å²) in [5.41, 5.74) is 6.49. The van der Waals surface area contributed by atoms with Crippen molar-refractivity contribution in [3.8, 4) is 0 Å². The Hall–Kier alpha value is -1.87. The molecule has 0 fully saturated rings. The van der Waals surface area contributed by atoms with Gasteiger partial charge in [0.1, 0.15) is 0 Å². The molecule has 19 heavy (non-hydrogen) atoms. The molecule has 0 aliphatic rings. The minimum absolute atomic E-state index is 0.0532. The van der Waals surface area contributed by atoms with Gasteiger partial charge in [0, 0.05) is 25.2 Å². The lowest BCUT2D eigenvalue weighted by Gasteiger charge is -2.19. The summed E-state index contributed by atoms with van der Waals surface area (Å²) in [4.78, 5) is 14.2. The van der Waals surface area contributed by atoms with Gasteiger partial charge in [0.25, 0.3) is 5.91 Å². The summed E-state index contributed by atoms with van der Waals surface area (Å²) in [5, 5.41) is 2.09. The van der Waals surface area contributed by atoms with Gasteiger partial charge < -0.3 is 10.6 Å². The van der Waals surface area contributed by atoms with Gasteiger partial charge in [-0.05, 0) is 30.2 Å². The summed E-state index contributed by atoms with van der Waals surface area (Å²) < 4.78 is 0. The van der Waals surface area contributed by atoms with Gasteiger partial charge in [-0.3, -0.25) is 4.79 Å². The highest BCUT2D eigenvalue weighted by Gasteiger charge is 2.14. The van der Waals surface area contributed by atoms with Crippen molar-refractivity contribution >= 4 is 16.7 Å². The lowest BCUT2D eigenvalue weighted by molar-refractivity contribution is 0.0794. The Morgan fingerprint density at radius 3 is 2.63 bits per heavy atom. The van der Waals surface area contributed by atoms with Crippen molar-refractivity contribution < 1.29 is 4.79 Å². The van der Waals surface area contributed by atoms with Crippen LogP contribution in [0.3, 0.4) is 0 Å². The van der Waals surface area contributed by atoms with E-state index in [1.165, 1.54) is 0 Å². The molecule has 0 bridgehead atoms. The summed E-state index contributed by atoms with van der Waals surface area (Å²) in [7, 11) is 1.83. The zero-order valence-corrected chi connectivity index (χ0v) is 11.5. The first-order valence-electron chi connectivity index (χ1n) is 6.58. The SMILES string of the molecule is CC(N)CCN(C)C(=O)c1cccc2ccccc12. The van der Waals surface area contributed by atoms with E-state index in [0.29, 0.717) is 6.54 Å². The molecule has 2 aromatic rings. The highest BCUT2D eigenvalue weighted by Crippen LogP contribution is 2.19. The standard InChI is InChI=1S/C16H20N2O/c1-12(17)10-11-18(2)16(19)15-9-5-7-13-6-3-4-8-14(13)15/h3-9,12H,10-11,17H2,1-2H3. The molecule has 1 amide bonds. The predicted molar refractivity (Wildman–Crippen MR) is 79.2 cm³/mol. The summed E-state index contributed by atoms with van der Waals surface area (Å²) in [6.07, 6.45) is 0.813. The molecule has 0 spiro atoms. The predicted octanol–water partition coefficient (Wildman–Crippen LogP) is 2.65. The quantitative estimate of drug-likeness (QED) is 0.914. The van der Waals surface area contributed by atoms with Gasteiger partial charge in [0.2, 0.25) is 0 Å². The third-order valence-electron chi connectivity index (χ3n) is 3.29. The lowest BCUT2D eigenvalue weighted by atomic mass is 10.0. The van der Waals surface area contributed by atoms with E-state index in [9.17, 15) is 4.79 Å². The van der Waals surface area contributed by atoms with E-state index in [-0.39, 0.29) is 11.9 Å². The van der Waals surface area contributed by atoms with Crippen molar-refractivity contribution in [2.24, 2.45) is 5.73 Å². The van der Waals surface area contributed by atoms with E-state index in [1.807, 2.05) is 56.4 Å². The van der Waals surface area contributed by atoms with Crippen molar-refractivity contribution in [3.63, 3.8) is 0 Å². The number of carbonyl (C=O) groups excluding carboxylic acids is 1. The van der Waals surface area contributed by atoms with Gasteiger partial charge in [0.05, 0.1) is 0 Å². The maximum atomic E-state index is 12.5. The molecule has 0 aromatic heterocycles. The van der Waals surface area contributed by atoms with Crippen LogP contribution in [-0.4, -0.2) is 30.4 Å². The fraction of sp³-hybridized carbons (Fsp3) is 0.312. The molecule has 2 N–H and O–H groups in total. The number of rotatable bonds is 4. The van der Waals surface area contributed by atoms with Crippen LogP contribution in [0, 0.1) is 0 Å². The molecule has 0 radical (unpaired) electrons. The van der Waals surface area contributed by atoms with Crippen molar-refractivity contribution in [1.82, 2.24) is 4.90 Å². The van der Waals surface area contributed by atoms with Crippen LogP contribution < -0.4 is 5.73 Å². The Labute approximate surface area is 114 Å². The van der Waals surface area contributed by atoms with Gasteiger partial charge in [-0.25, -0.2) is 0 Å². The molecule has 2 rings (SSSR count). The summed E-state index contributed by atoms with van der Waals surface area (Å²) in [5.74, 6) is 0.0532. The number of amides is 1. The first-order chi connectivity index (χ1) is 9.09. The second-order valence-electron chi connectivity index (χ2n) is 5.02. The van der Waals surface area contributed by atoms with Crippen LogP contribution in [0.25, 0.3) is 10.8 Å². The van der Waals surface area contributed by atoms with Crippen molar-refractivity contribution in [3.05, 3.63) is 48.0 Å². The summed E-state index contributed by atoms with van der Waals surface area (Å²) in [6, 6.07) is 13.9. The summed E-state index contributed by atoms with van der Waals surface area (Å²) in [6.45, 7) is 2.63. The maximum Gasteiger partial charge on any atom is 0.254 e. The highest BCUT2D eigenvalue weighted by molar-refractivity contribution is 6.06. The molecule has 3 heteroatoms. The second kappa shape index (κ2) is 5.85. The van der Waals surface area contributed by atoms with Gasteiger partial charge in [-0.15, -0.1) is 0 Å². The number of nitrogens with two attached hydrogens (primary N) is 1. The van der Waals surface area contributed by atoms with Crippen LogP contribution in [0.5, 0.6) is 0 Å². The molecule has 0 saturated carbocycles. The average Bonchev–Trinajstić information content (AvgIpc) is 2.43. The fourth-order valence-corrected chi connectivity index (χ4v) is 2.12. The van der Waals surface area contributed by atoms with Crippen LogP contribution in [0.1, 0.15) is 23.7 Å². The highest BCUT2D eigenvalue weighted by atomic mass is 16.2. The monoisotopic (exact) mass is 256 g/mol. The molecule has 2 aromatic carbocycles. The third kappa shape index (κ3) is 3.12. The number of fused-ring (bicyclic) bond motifs is 1.